The Hall–Kier alpha value is -1.91. The Morgan fingerprint density at radius 3 is 2.53 bits per heavy atom. The number of hydrogen-bond acceptors (Lipinski definition) is 2. The number of rotatable bonds is 5. The van der Waals surface area contributed by atoms with Gasteiger partial charge in [-0.05, 0) is 44.0 Å². The Morgan fingerprint density at radius 1 is 1.42 bits per heavy atom. The van der Waals surface area contributed by atoms with Gasteiger partial charge in [-0.15, -0.1) is 0 Å². The van der Waals surface area contributed by atoms with Gasteiger partial charge in [-0.2, -0.15) is 0 Å². The lowest BCUT2D eigenvalue weighted by atomic mass is 9.94. The number of carbonyl (C=O) groups excluding carboxylic acids is 1. The van der Waals surface area contributed by atoms with Crippen LogP contribution in [0.4, 0.5) is 4.39 Å². The van der Waals surface area contributed by atoms with Gasteiger partial charge in [0.2, 0.25) is 0 Å². The van der Waals surface area contributed by atoms with Gasteiger partial charge in [0.05, 0.1) is 6.42 Å². The van der Waals surface area contributed by atoms with Gasteiger partial charge >= 0.3 is 5.97 Å². The van der Waals surface area contributed by atoms with E-state index in [2.05, 4.69) is 5.32 Å². The highest BCUT2D eigenvalue weighted by molar-refractivity contribution is 5.95. The number of aliphatic carboxylic acids is 1. The summed E-state index contributed by atoms with van der Waals surface area (Å²) in [5.41, 5.74) is -0.112. The van der Waals surface area contributed by atoms with Gasteiger partial charge in [0.15, 0.2) is 0 Å². The fraction of sp³-hybridized carbons (Fsp3) is 0.429. The molecule has 1 rings (SSSR count). The van der Waals surface area contributed by atoms with E-state index in [-0.39, 0.29) is 12.2 Å². The average molecular weight is 267 g/mol. The molecule has 0 saturated carbocycles. The lowest BCUT2D eigenvalue weighted by Crippen LogP contribution is -2.47. The second-order valence-electron chi connectivity index (χ2n) is 4.90. The van der Waals surface area contributed by atoms with Crippen LogP contribution in [0.3, 0.4) is 0 Å². The lowest BCUT2D eigenvalue weighted by Gasteiger charge is -2.28. The van der Waals surface area contributed by atoms with Crippen LogP contribution >= 0.6 is 0 Å². The molecule has 19 heavy (non-hydrogen) atoms. The van der Waals surface area contributed by atoms with Crippen LogP contribution < -0.4 is 5.32 Å². The maximum Gasteiger partial charge on any atom is 0.305 e. The molecule has 0 fully saturated rings. The van der Waals surface area contributed by atoms with E-state index in [0.717, 1.165) is 0 Å². The van der Waals surface area contributed by atoms with Crippen LogP contribution in [0, 0.1) is 12.7 Å². The zero-order valence-electron chi connectivity index (χ0n) is 11.3. The standard InChI is InChI=1S/C14H18FNO3/c1-4-14(3,8-12(17)18)16-13(19)10-5-6-11(15)9(2)7-10/h5-7H,4,8H2,1-3H3,(H,16,19)(H,17,18)/t14-/m0/s1. The number of carboxylic acids is 1. The summed E-state index contributed by atoms with van der Waals surface area (Å²) in [4.78, 5) is 22.8. The van der Waals surface area contributed by atoms with Crippen LogP contribution in [0.1, 0.15) is 42.6 Å². The Bertz CT molecular complexity index is 501. The molecule has 1 aromatic carbocycles. The van der Waals surface area contributed by atoms with Crippen LogP contribution in [0.2, 0.25) is 0 Å². The summed E-state index contributed by atoms with van der Waals surface area (Å²) in [5.74, 6) is -1.74. The van der Waals surface area contributed by atoms with Crippen molar-refractivity contribution in [3.05, 3.63) is 35.1 Å². The molecule has 0 spiro atoms. The van der Waals surface area contributed by atoms with Crippen LogP contribution in [-0.4, -0.2) is 22.5 Å². The summed E-state index contributed by atoms with van der Waals surface area (Å²) in [7, 11) is 0. The number of benzene rings is 1. The van der Waals surface area contributed by atoms with Gasteiger partial charge in [-0.1, -0.05) is 6.92 Å². The minimum absolute atomic E-state index is 0.157. The number of amides is 1. The zero-order valence-corrected chi connectivity index (χ0v) is 11.3. The number of carbonyl (C=O) groups is 2. The Balaban J connectivity index is 2.88. The van der Waals surface area contributed by atoms with E-state index in [1.165, 1.54) is 18.2 Å². The van der Waals surface area contributed by atoms with Crippen LogP contribution in [-0.2, 0) is 4.79 Å². The summed E-state index contributed by atoms with van der Waals surface area (Å²) >= 11 is 0. The number of hydrogen-bond donors (Lipinski definition) is 2. The van der Waals surface area contributed by atoms with E-state index in [0.29, 0.717) is 17.5 Å². The van der Waals surface area contributed by atoms with Crippen molar-refractivity contribution < 1.29 is 19.1 Å². The summed E-state index contributed by atoms with van der Waals surface area (Å²) in [6.45, 7) is 5.05. The molecule has 0 aromatic heterocycles. The van der Waals surface area contributed by atoms with Crippen LogP contribution in [0.15, 0.2) is 18.2 Å². The molecule has 0 radical (unpaired) electrons. The third-order valence-electron chi connectivity index (χ3n) is 3.16. The second kappa shape index (κ2) is 5.82. The molecule has 104 valence electrons. The molecule has 0 aliphatic carbocycles. The molecule has 0 aliphatic heterocycles. The quantitative estimate of drug-likeness (QED) is 0.861. The van der Waals surface area contributed by atoms with E-state index >= 15 is 0 Å². The van der Waals surface area contributed by atoms with Gasteiger partial charge in [-0.3, -0.25) is 9.59 Å². The van der Waals surface area contributed by atoms with Gasteiger partial charge in [-0.25, -0.2) is 4.39 Å². The normalized spacial score (nSPS) is 13.7. The third-order valence-corrected chi connectivity index (χ3v) is 3.16. The molecule has 0 aliphatic rings. The van der Waals surface area contributed by atoms with E-state index in [9.17, 15) is 14.0 Å². The SMILES string of the molecule is CC[C@@](C)(CC(=O)O)NC(=O)c1ccc(F)c(C)c1. The molecule has 5 heteroatoms. The van der Waals surface area contributed by atoms with E-state index < -0.39 is 17.4 Å². The van der Waals surface area contributed by atoms with Crippen molar-refractivity contribution in [3.8, 4) is 0 Å². The monoisotopic (exact) mass is 267 g/mol. The largest absolute Gasteiger partial charge is 0.481 e. The Morgan fingerprint density at radius 2 is 2.05 bits per heavy atom. The van der Waals surface area contributed by atoms with Crippen molar-refractivity contribution in [2.75, 3.05) is 0 Å². The summed E-state index contributed by atoms with van der Waals surface area (Å²) < 4.78 is 13.1. The highest BCUT2D eigenvalue weighted by atomic mass is 19.1. The molecular formula is C14H18FNO3. The van der Waals surface area contributed by atoms with Crippen molar-refractivity contribution in [1.29, 1.82) is 0 Å². The van der Waals surface area contributed by atoms with Crippen molar-refractivity contribution in [2.24, 2.45) is 0 Å². The van der Waals surface area contributed by atoms with Gasteiger partial charge in [0.1, 0.15) is 5.82 Å². The average Bonchev–Trinajstić information content (AvgIpc) is 2.31. The second-order valence-corrected chi connectivity index (χ2v) is 4.90. The Kier molecular flexibility index (Phi) is 4.64. The highest BCUT2D eigenvalue weighted by Crippen LogP contribution is 2.16. The van der Waals surface area contributed by atoms with E-state index in [1.54, 1.807) is 20.8 Å². The molecule has 0 bridgehead atoms. The third kappa shape index (κ3) is 4.05. The smallest absolute Gasteiger partial charge is 0.305 e. The number of aryl methyl sites for hydroxylation is 1. The molecule has 4 nitrogen and oxygen atoms in total. The van der Waals surface area contributed by atoms with Gasteiger partial charge in [0.25, 0.3) is 5.91 Å². The molecule has 0 unspecified atom stereocenters. The predicted molar refractivity (Wildman–Crippen MR) is 69.6 cm³/mol. The molecule has 0 heterocycles. The minimum Gasteiger partial charge on any atom is -0.481 e. The van der Waals surface area contributed by atoms with Crippen LogP contribution in [0.25, 0.3) is 0 Å². The van der Waals surface area contributed by atoms with Gasteiger partial charge < -0.3 is 10.4 Å². The van der Waals surface area contributed by atoms with Crippen molar-refractivity contribution in [3.63, 3.8) is 0 Å². The Labute approximate surface area is 111 Å². The first-order valence-corrected chi connectivity index (χ1v) is 6.08. The topological polar surface area (TPSA) is 66.4 Å². The first kappa shape index (κ1) is 15.1. The predicted octanol–water partition coefficient (Wildman–Crippen LogP) is 2.51. The van der Waals surface area contributed by atoms with Crippen molar-refractivity contribution in [2.45, 2.75) is 39.2 Å². The molecule has 2 N–H and O–H groups in total. The lowest BCUT2D eigenvalue weighted by molar-refractivity contribution is -0.138. The summed E-state index contributed by atoms with van der Waals surface area (Å²) in [5, 5.41) is 11.5. The highest BCUT2D eigenvalue weighted by Gasteiger charge is 2.27. The number of carboxylic acid groups (broad SMARTS) is 1. The maximum absolute atomic E-state index is 13.1. The van der Waals surface area contributed by atoms with Crippen LogP contribution in [0.5, 0.6) is 0 Å². The van der Waals surface area contributed by atoms with Crippen molar-refractivity contribution >= 4 is 11.9 Å². The molecule has 1 amide bonds. The fourth-order valence-electron chi connectivity index (χ4n) is 1.72. The molecule has 1 aromatic rings. The number of nitrogens with one attached hydrogen (secondary N) is 1. The van der Waals surface area contributed by atoms with E-state index in [4.69, 9.17) is 5.11 Å². The summed E-state index contributed by atoms with van der Waals surface area (Å²) in [6, 6.07) is 4.06. The first-order valence-electron chi connectivity index (χ1n) is 6.08. The fourth-order valence-corrected chi connectivity index (χ4v) is 1.72. The molecular weight excluding hydrogens is 249 g/mol. The maximum atomic E-state index is 13.1. The zero-order chi connectivity index (χ0) is 14.6. The number of halogens is 1. The minimum atomic E-state index is -0.972. The summed E-state index contributed by atoms with van der Waals surface area (Å²) in [6.07, 6.45) is 0.334. The van der Waals surface area contributed by atoms with E-state index in [1.807, 2.05) is 0 Å². The van der Waals surface area contributed by atoms with Gasteiger partial charge in [0, 0.05) is 11.1 Å². The molecule has 1 atom stereocenters. The van der Waals surface area contributed by atoms with Crippen molar-refractivity contribution in [1.82, 2.24) is 5.32 Å². The first-order chi connectivity index (χ1) is 8.77. The molecule has 0 saturated heterocycles.